The normalized spacial score (nSPS) is 10.3. The van der Waals surface area contributed by atoms with Crippen molar-refractivity contribution in [3.63, 3.8) is 0 Å². The van der Waals surface area contributed by atoms with Crippen molar-refractivity contribution in [1.82, 2.24) is 25.1 Å². The van der Waals surface area contributed by atoms with Crippen molar-refractivity contribution >= 4 is 23.2 Å². The zero-order chi connectivity index (χ0) is 14.7. The minimum Gasteiger partial charge on any atom is -0.344 e. The van der Waals surface area contributed by atoms with Gasteiger partial charge in [0, 0.05) is 7.05 Å². The topological polar surface area (TPSA) is 116 Å². The molecule has 0 aliphatic carbocycles. The van der Waals surface area contributed by atoms with Crippen LogP contribution in [0.15, 0.2) is 18.6 Å². The first-order valence-corrected chi connectivity index (χ1v) is 5.78. The first-order valence-electron chi connectivity index (χ1n) is 5.40. The van der Waals surface area contributed by atoms with Crippen molar-refractivity contribution in [2.24, 2.45) is 7.05 Å². The molecule has 0 saturated carbocycles. The average Bonchev–Trinajstić information content (AvgIpc) is 2.81. The molecule has 2 aromatic heterocycles. The Kier molecular flexibility index (Phi) is 3.89. The van der Waals surface area contributed by atoms with Gasteiger partial charge in [0.25, 0.3) is 11.6 Å². The van der Waals surface area contributed by atoms with Gasteiger partial charge in [-0.05, 0) is 6.07 Å². The summed E-state index contributed by atoms with van der Waals surface area (Å²) in [6, 6.07) is 1.14. The van der Waals surface area contributed by atoms with E-state index in [-0.39, 0.29) is 17.3 Å². The predicted octanol–water partition coefficient (Wildman–Crippen LogP) is 0.702. The number of aryl methyl sites for hydroxylation is 1. The van der Waals surface area contributed by atoms with Gasteiger partial charge in [-0.2, -0.15) is 5.10 Å². The zero-order valence-electron chi connectivity index (χ0n) is 10.3. The lowest BCUT2D eigenvalue weighted by atomic mass is 10.2. The van der Waals surface area contributed by atoms with Crippen molar-refractivity contribution in [1.29, 1.82) is 0 Å². The molecule has 2 aromatic rings. The van der Waals surface area contributed by atoms with E-state index in [1.54, 1.807) is 7.05 Å². The first kappa shape index (κ1) is 13.9. The molecule has 0 aliphatic heterocycles. The highest BCUT2D eigenvalue weighted by molar-refractivity contribution is 6.29. The van der Waals surface area contributed by atoms with Gasteiger partial charge in [-0.15, -0.1) is 0 Å². The molecule has 0 unspecified atom stereocenters. The number of pyridine rings is 1. The maximum atomic E-state index is 11.9. The van der Waals surface area contributed by atoms with Crippen LogP contribution in [0.3, 0.4) is 0 Å². The van der Waals surface area contributed by atoms with Gasteiger partial charge in [-0.1, -0.05) is 11.6 Å². The van der Waals surface area contributed by atoms with Gasteiger partial charge in [0.1, 0.15) is 23.2 Å². The second-order valence-corrected chi connectivity index (χ2v) is 4.19. The van der Waals surface area contributed by atoms with E-state index in [0.717, 1.165) is 12.3 Å². The predicted molar refractivity (Wildman–Crippen MR) is 68.1 cm³/mol. The van der Waals surface area contributed by atoms with Gasteiger partial charge < -0.3 is 5.32 Å². The summed E-state index contributed by atoms with van der Waals surface area (Å²) in [5, 5.41) is 17.3. The van der Waals surface area contributed by atoms with Crippen LogP contribution in [0.1, 0.15) is 16.2 Å². The van der Waals surface area contributed by atoms with E-state index in [4.69, 9.17) is 11.6 Å². The monoisotopic (exact) mass is 296 g/mol. The summed E-state index contributed by atoms with van der Waals surface area (Å²) < 4.78 is 1.48. The van der Waals surface area contributed by atoms with Gasteiger partial charge in [0.2, 0.25) is 0 Å². The molecule has 1 N–H and O–H groups in total. The Morgan fingerprint density at radius 1 is 1.55 bits per heavy atom. The number of hydrogen-bond donors (Lipinski definition) is 1. The van der Waals surface area contributed by atoms with Crippen LogP contribution in [0.4, 0.5) is 5.69 Å². The van der Waals surface area contributed by atoms with Crippen LogP contribution in [0.5, 0.6) is 0 Å². The van der Waals surface area contributed by atoms with Gasteiger partial charge in [-0.3, -0.25) is 19.6 Å². The fraction of sp³-hybridized carbons (Fsp3) is 0.200. The SMILES string of the molecule is Cn1cnc(CNC(=O)c2cc(Cl)ncc2[N+](=O)[O-])n1. The Balaban J connectivity index is 2.16. The van der Waals surface area contributed by atoms with E-state index in [1.807, 2.05) is 0 Å². The fourth-order valence-electron chi connectivity index (χ4n) is 1.47. The molecule has 0 aromatic carbocycles. The van der Waals surface area contributed by atoms with E-state index >= 15 is 0 Å². The van der Waals surface area contributed by atoms with Crippen molar-refractivity contribution in [3.8, 4) is 0 Å². The molecule has 0 atom stereocenters. The molecule has 10 heteroatoms. The minimum absolute atomic E-state index is 0.00305. The minimum atomic E-state index is -0.697. The van der Waals surface area contributed by atoms with E-state index in [0.29, 0.717) is 5.82 Å². The standard InChI is InChI=1S/C10H9ClN6O3/c1-16-5-14-9(15-16)4-13-10(18)6-2-8(11)12-3-7(6)17(19)20/h2-3,5H,4H2,1H3,(H,13,18). The zero-order valence-corrected chi connectivity index (χ0v) is 11.0. The second kappa shape index (κ2) is 5.61. The van der Waals surface area contributed by atoms with Gasteiger partial charge in [0.05, 0.1) is 11.5 Å². The van der Waals surface area contributed by atoms with Crippen LogP contribution in [-0.4, -0.2) is 30.6 Å². The number of rotatable bonds is 4. The summed E-state index contributed by atoms with van der Waals surface area (Å²) in [6.07, 6.45) is 2.42. The molecule has 0 saturated heterocycles. The lowest BCUT2D eigenvalue weighted by Gasteiger charge is -2.04. The third-order valence-electron chi connectivity index (χ3n) is 2.34. The Morgan fingerprint density at radius 3 is 2.90 bits per heavy atom. The molecule has 0 spiro atoms. The molecule has 2 heterocycles. The van der Waals surface area contributed by atoms with E-state index in [2.05, 4.69) is 20.4 Å². The highest BCUT2D eigenvalue weighted by atomic mass is 35.5. The van der Waals surface area contributed by atoms with E-state index in [9.17, 15) is 14.9 Å². The molecule has 104 valence electrons. The molecular formula is C10H9ClN6O3. The summed E-state index contributed by atoms with van der Waals surface area (Å²) in [5.74, 6) is -0.253. The summed E-state index contributed by atoms with van der Waals surface area (Å²) >= 11 is 5.64. The van der Waals surface area contributed by atoms with Crippen LogP contribution in [0.2, 0.25) is 5.15 Å². The Labute approximate surface area is 117 Å². The van der Waals surface area contributed by atoms with Crippen molar-refractivity contribution in [2.75, 3.05) is 0 Å². The number of carbonyl (C=O) groups excluding carboxylic acids is 1. The Bertz CT molecular complexity index is 671. The summed E-state index contributed by atoms with van der Waals surface area (Å²) in [6.45, 7) is 0.0524. The van der Waals surface area contributed by atoms with Crippen molar-refractivity contribution < 1.29 is 9.72 Å². The number of carbonyl (C=O) groups is 1. The maximum Gasteiger partial charge on any atom is 0.300 e. The van der Waals surface area contributed by atoms with Crippen molar-refractivity contribution in [3.05, 3.63) is 45.2 Å². The molecule has 0 radical (unpaired) electrons. The molecule has 0 bridgehead atoms. The first-order chi connectivity index (χ1) is 9.47. The van der Waals surface area contributed by atoms with Crippen molar-refractivity contribution in [2.45, 2.75) is 6.54 Å². The lowest BCUT2D eigenvalue weighted by Crippen LogP contribution is -2.24. The number of nitrogens with zero attached hydrogens (tertiary/aromatic N) is 5. The number of hydrogen-bond acceptors (Lipinski definition) is 6. The third kappa shape index (κ3) is 3.06. The molecule has 20 heavy (non-hydrogen) atoms. The number of amides is 1. The summed E-state index contributed by atoms with van der Waals surface area (Å²) in [4.78, 5) is 29.6. The maximum absolute atomic E-state index is 11.9. The molecule has 9 nitrogen and oxygen atoms in total. The number of aromatic nitrogens is 4. The average molecular weight is 297 g/mol. The quantitative estimate of drug-likeness (QED) is 0.504. The smallest absolute Gasteiger partial charge is 0.300 e. The van der Waals surface area contributed by atoms with E-state index < -0.39 is 16.5 Å². The van der Waals surface area contributed by atoms with Crippen LogP contribution in [-0.2, 0) is 13.6 Å². The largest absolute Gasteiger partial charge is 0.344 e. The van der Waals surface area contributed by atoms with Crippen LogP contribution in [0.25, 0.3) is 0 Å². The molecule has 0 fully saturated rings. The van der Waals surface area contributed by atoms with Crippen LogP contribution in [0, 0.1) is 10.1 Å². The number of nitro groups is 1. The number of halogens is 1. The molecule has 0 aliphatic rings. The van der Waals surface area contributed by atoms with Crippen LogP contribution < -0.4 is 5.32 Å². The Hall–Kier alpha value is -2.55. The fourth-order valence-corrected chi connectivity index (χ4v) is 1.63. The highest BCUT2D eigenvalue weighted by Gasteiger charge is 2.21. The molecule has 2 rings (SSSR count). The second-order valence-electron chi connectivity index (χ2n) is 3.80. The van der Waals surface area contributed by atoms with Gasteiger partial charge in [-0.25, -0.2) is 9.97 Å². The number of nitrogens with one attached hydrogen (secondary N) is 1. The molecule has 1 amide bonds. The highest BCUT2D eigenvalue weighted by Crippen LogP contribution is 2.20. The third-order valence-corrected chi connectivity index (χ3v) is 2.55. The van der Waals surface area contributed by atoms with E-state index in [1.165, 1.54) is 11.0 Å². The summed E-state index contributed by atoms with van der Waals surface area (Å²) in [7, 11) is 1.69. The lowest BCUT2D eigenvalue weighted by molar-refractivity contribution is -0.385. The summed E-state index contributed by atoms with van der Waals surface area (Å²) in [5.41, 5.74) is -0.577. The van der Waals surface area contributed by atoms with Gasteiger partial charge >= 0.3 is 0 Å². The molecular weight excluding hydrogens is 288 g/mol. The van der Waals surface area contributed by atoms with Gasteiger partial charge in [0.15, 0.2) is 5.82 Å². The van der Waals surface area contributed by atoms with Crippen LogP contribution >= 0.6 is 11.6 Å². The Morgan fingerprint density at radius 2 is 2.30 bits per heavy atom.